The summed E-state index contributed by atoms with van der Waals surface area (Å²) in [7, 11) is 0. The molecule has 7 heteroatoms. The van der Waals surface area contributed by atoms with Crippen molar-refractivity contribution in [3.63, 3.8) is 0 Å². The number of rotatable bonds is 6. The van der Waals surface area contributed by atoms with Crippen LogP contribution in [0.25, 0.3) is 0 Å². The SMILES string of the molecule is Cc1ccccc1CN1CCc2nnc(C(NC(=O)c3ccoc3)C(C)C)n2CC1. The molecule has 30 heavy (non-hydrogen) atoms. The van der Waals surface area contributed by atoms with Crippen LogP contribution in [0.15, 0.2) is 47.3 Å². The zero-order valence-electron chi connectivity index (χ0n) is 17.8. The number of hydrogen-bond acceptors (Lipinski definition) is 5. The highest BCUT2D eigenvalue weighted by atomic mass is 16.3. The second-order valence-corrected chi connectivity index (χ2v) is 8.29. The number of nitrogens with one attached hydrogen (secondary N) is 1. The van der Waals surface area contributed by atoms with Crippen molar-refractivity contribution in [1.29, 1.82) is 0 Å². The van der Waals surface area contributed by atoms with Gasteiger partial charge in [-0.25, -0.2) is 0 Å². The molecule has 0 fully saturated rings. The number of carbonyl (C=O) groups is 1. The van der Waals surface area contributed by atoms with Gasteiger partial charge in [-0.1, -0.05) is 38.1 Å². The highest BCUT2D eigenvalue weighted by Crippen LogP contribution is 2.23. The summed E-state index contributed by atoms with van der Waals surface area (Å²) in [6, 6.07) is 10.0. The van der Waals surface area contributed by atoms with E-state index in [9.17, 15) is 4.79 Å². The van der Waals surface area contributed by atoms with Gasteiger partial charge in [0.05, 0.1) is 17.9 Å². The number of fused-ring (bicyclic) bond motifs is 1. The van der Waals surface area contributed by atoms with Gasteiger partial charge in [0.15, 0.2) is 5.82 Å². The Morgan fingerprint density at radius 3 is 2.73 bits per heavy atom. The molecule has 4 rings (SSSR count). The second kappa shape index (κ2) is 8.83. The van der Waals surface area contributed by atoms with Gasteiger partial charge in [-0.3, -0.25) is 9.69 Å². The molecule has 7 nitrogen and oxygen atoms in total. The van der Waals surface area contributed by atoms with Crippen LogP contribution in [0.4, 0.5) is 0 Å². The summed E-state index contributed by atoms with van der Waals surface area (Å²) >= 11 is 0. The van der Waals surface area contributed by atoms with Crippen LogP contribution in [0.2, 0.25) is 0 Å². The Hall–Kier alpha value is -2.93. The number of nitrogens with zero attached hydrogens (tertiary/aromatic N) is 4. The van der Waals surface area contributed by atoms with Crippen molar-refractivity contribution in [3.05, 3.63) is 71.2 Å². The zero-order chi connectivity index (χ0) is 21.1. The first-order valence-corrected chi connectivity index (χ1v) is 10.5. The van der Waals surface area contributed by atoms with Gasteiger partial charge in [0.1, 0.15) is 12.1 Å². The fraction of sp³-hybridized carbons (Fsp3) is 0.435. The first kappa shape index (κ1) is 20.3. The molecule has 2 aromatic heterocycles. The van der Waals surface area contributed by atoms with Crippen molar-refractivity contribution < 1.29 is 9.21 Å². The molecule has 0 saturated heterocycles. The second-order valence-electron chi connectivity index (χ2n) is 8.29. The first-order valence-electron chi connectivity index (χ1n) is 10.5. The topological polar surface area (TPSA) is 76.2 Å². The quantitative estimate of drug-likeness (QED) is 0.678. The van der Waals surface area contributed by atoms with Crippen molar-refractivity contribution >= 4 is 5.91 Å². The summed E-state index contributed by atoms with van der Waals surface area (Å²) in [4.78, 5) is 15.1. The summed E-state index contributed by atoms with van der Waals surface area (Å²) in [6.45, 7) is 9.95. The van der Waals surface area contributed by atoms with Gasteiger partial charge in [0, 0.05) is 32.6 Å². The molecule has 0 spiro atoms. The fourth-order valence-corrected chi connectivity index (χ4v) is 3.95. The number of aryl methyl sites for hydroxylation is 1. The van der Waals surface area contributed by atoms with Gasteiger partial charge in [0.2, 0.25) is 0 Å². The van der Waals surface area contributed by atoms with Gasteiger partial charge in [-0.05, 0) is 30.0 Å². The van der Waals surface area contributed by atoms with Crippen molar-refractivity contribution in [3.8, 4) is 0 Å². The van der Waals surface area contributed by atoms with E-state index in [0.717, 1.165) is 44.2 Å². The molecule has 0 radical (unpaired) electrons. The van der Waals surface area contributed by atoms with Crippen LogP contribution >= 0.6 is 0 Å². The summed E-state index contributed by atoms with van der Waals surface area (Å²) in [6.07, 6.45) is 3.81. The molecule has 1 aliphatic rings. The Labute approximate surface area is 177 Å². The fourth-order valence-electron chi connectivity index (χ4n) is 3.95. The lowest BCUT2D eigenvalue weighted by atomic mass is 10.0. The maximum Gasteiger partial charge on any atom is 0.255 e. The van der Waals surface area contributed by atoms with Gasteiger partial charge < -0.3 is 14.3 Å². The largest absolute Gasteiger partial charge is 0.472 e. The third-order valence-corrected chi connectivity index (χ3v) is 5.82. The van der Waals surface area contributed by atoms with E-state index < -0.39 is 0 Å². The van der Waals surface area contributed by atoms with Crippen LogP contribution in [-0.4, -0.2) is 38.7 Å². The van der Waals surface area contributed by atoms with Gasteiger partial charge >= 0.3 is 0 Å². The molecule has 1 aliphatic heterocycles. The third kappa shape index (κ3) is 4.31. The molecule has 1 atom stereocenters. The third-order valence-electron chi connectivity index (χ3n) is 5.82. The average Bonchev–Trinajstić information content (AvgIpc) is 3.36. The molecule has 1 N–H and O–H groups in total. The van der Waals surface area contributed by atoms with Crippen LogP contribution < -0.4 is 5.32 Å². The lowest BCUT2D eigenvalue weighted by Gasteiger charge is -2.23. The molecule has 0 saturated carbocycles. The molecule has 158 valence electrons. The smallest absolute Gasteiger partial charge is 0.255 e. The zero-order valence-corrected chi connectivity index (χ0v) is 17.8. The summed E-state index contributed by atoms with van der Waals surface area (Å²) in [5.41, 5.74) is 3.20. The van der Waals surface area contributed by atoms with E-state index >= 15 is 0 Å². The molecular formula is C23H29N5O2. The highest BCUT2D eigenvalue weighted by Gasteiger charge is 2.28. The van der Waals surface area contributed by atoms with Crippen LogP contribution in [-0.2, 0) is 19.5 Å². The molecule has 0 bridgehead atoms. The number of benzene rings is 1. The number of amides is 1. The first-order chi connectivity index (χ1) is 14.5. The van der Waals surface area contributed by atoms with E-state index in [-0.39, 0.29) is 17.9 Å². The number of aromatic nitrogens is 3. The maximum absolute atomic E-state index is 12.6. The molecule has 1 unspecified atom stereocenters. The van der Waals surface area contributed by atoms with Crippen LogP contribution in [0.3, 0.4) is 0 Å². The van der Waals surface area contributed by atoms with E-state index in [0.29, 0.717) is 5.56 Å². The van der Waals surface area contributed by atoms with Crippen LogP contribution in [0.1, 0.15) is 53.0 Å². The Balaban J connectivity index is 1.49. The van der Waals surface area contributed by atoms with Gasteiger partial charge in [0.25, 0.3) is 5.91 Å². The van der Waals surface area contributed by atoms with Crippen molar-refractivity contribution in [2.45, 2.75) is 46.3 Å². The molecule has 3 heterocycles. The Bertz CT molecular complexity index is 993. The van der Waals surface area contributed by atoms with Crippen molar-refractivity contribution in [1.82, 2.24) is 25.0 Å². The standard InChI is InChI=1S/C23H29N5O2/c1-16(2)21(24-23(29)19-9-13-30-15-19)22-26-25-20-8-10-27(11-12-28(20)22)14-18-7-5-4-6-17(18)3/h4-7,9,13,15-16,21H,8,10-12,14H2,1-3H3,(H,24,29). The monoisotopic (exact) mass is 407 g/mol. The lowest BCUT2D eigenvalue weighted by Crippen LogP contribution is -2.34. The molecular weight excluding hydrogens is 378 g/mol. The van der Waals surface area contributed by atoms with E-state index in [1.807, 2.05) is 0 Å². The van der Waals surface area contributed by atoms with E-state index in [4.69, 9.17) is 4.42 Å². The summed E-state index contributed by atoms with van der Waals surface area (Å²) < 4.78 is 7.24. The van der Waals surface area contributed by atoms with Crippen LogP contribution in [0.5, 0.6) is 0 Å². The average molecular weight is 408 g/mol. The maximum atomic E-state index is 12.6. The number of furan rings is 1. The number of carbonyl (C=O) groups excluding carboxylic acids is 1. The Kier molecular flexibility index (Phi) is 5.99. The molecule has 1 aromatic carbocycles. The summed E-state index contributed by atoms with van der Waals surface area (Å²) in [5.74, 6) is 1.84. The molecule has 1 amide bonds. The van der Waals surface area contributed by atoms with E-state index in [2.05, 4.69) is 70.0 Å². The predicted molar refractivity (Wildman–Crippen MR) is 114 cm³/mol. The normalized spacial score (nSPS) is 15.6. The van der Waals surface area contributed by atoms with E-state index in [1.165, 1.54) is 23.7 Å². The summed E-state index contributed by atoms with van der Waals surface area (Å²) in [5, 5.41) is 12.1. The molecule has 3 aromatic rings. The highest BCUT2D eigenvalue weighted by molar-refractivity contribution is 5.94. The minimum absolute atomic E-state index is 0.158. The number of hydrogen-bond donors (Lipinski definition) is 1. The lowest BCUT2D eigenvalue weighted by molar-refractivity contribution is 0.0921. The molecule has 0 aliphatic carbocycles. The van der Waals surface area contributed by atoms with E-state index in [1.54, 1.807) is 6.07 Å². The Morgan fingerprint density at radius 2 is 2.00 bits per heavy atom. The van der Waals surface area contributed by atoms with Crippen molar-refractivity contribution in [2.75, 3.05) is 13.1 Å². The minimum atomic E-state index is -0.212. The van der Waals surface area contributed by atoms with Crippen molar-refractivity contribution in [2.24, 2.45) is 5.92 Å². The van der Waals surface area contributed by atoms with Gasteiger partial charge in [-0.15, -0.1) is 10.2 Å². The van der Waals surface area contributed by atoms with Gasteiger partial charge in [-0.2, -0.15) is 0 Å². The minimum Gasteiger partial charge on any atom is -0.472 e. The van der Waals surface area contributed by atoms with Crippen LogP contribution in [0, 0.1) is 12.8 Å². The predicted octanol–water partition coefficient (Wildman–Crippen LogP) is 3.36. The Morgan fingerprint density at radius 1 is 1.17 bits per heavy atom.